The molecule has 5 aromatic rings. The van der Waals surface area contributed by atoms with E-state index in [1.165, 1.54) is 62.7 Å². The van der Waals surface area contributed by atoms with Gasteiger partial charge in [0.15, 0.2) is 0 Å². The summed E-state index contributed by atoms with van der Waals surface area (Å²) in [7, 11) is 0. The summed E-state index contributed by atoms with van der Waals surface area (Å²) in [5.74, 6) is 1.45. The fraction of sp³-hybridized carbons (Fsp3) is 0.172. The molecule has 0 nitrogen and oxygen atoms in total. The van der Waals surface area contributed by atoms with E-state index in [4.69, 9.17) is 0 Å². The van der Waals surface area contributed by atoms with Crippen molar-refractivity contribution in [3.8, 4) is 0 Å². The van der Waals surface area contributed by atoms with Crippen LogP contribution >= 0.6 is 0 Å². The third-order valence-corrected chi connectivity index (χ3v) is 7.44. The van der Waals surface area contributed by atoms with Gasteiger partial charge in [0, 0.05) is 0 Å². The van der Waals surface area contributed by atoms with Gasteiger partial charge in [-0.05, 0) is 85.7 Å². The zero-order valence-corrected chi connectivity index (χ0v) is 16.4. The molecule has 5 aromatic carbocycles. The lowest BCUT2D eigenvalue weighted by molar-refractivity contribution is 0.706. The predicted molar refractivity (Wildman–Crippen MR) is 124 cm³/mol. The summed E-state index contributed by atoms with van der Waals surface area (Å²) >= 11 is 0. The van der Waals surface area contributed by atoms with Gasteiger partial charge >= 0.3 is 0 Å². The van der Waals surface area contributed by atoms with Crippen molar-refractivity contribution in [3.63, 3.8) is 0 Å². The first-order valence-corrected chi connectivity index (χ1v) is 10.8. The second kappa shape index (κ2) is 5.70. The Labute approximate surface area is 170 Å². The average molecular weight is 370 g/mol. The van der Waals surface area contributed by atoms with Crippen LogP contribution in [-0.4, -0.2) is 0 Å². The number of hydrogen-bond acceptors (Lipinski definition) is 0. The molecule has 2 unspecified atom stereocenters. The van der Waals surface area contributed by atoms with E-state index >= 15 is 0 Å². The Kier molecular flexibility index (Phi) is 3.10. The van der Waals surface area contributed by atoms with Crippen molar-refractivity contribution < 1.29 is 0 Å². The Morgan fingerprint density at radius 3 is 1.97 bits per heavy atom. The third-order valence-electron chi connectivity index (χ3n) is 7.44. The van der Waals surface area contributed by atoms with Gasteiger partial charge < -0.3 is 0 Å². The predicted octanol–water partition coefficient (Wildman–Crippen LogP) is 7.92. The maximum absolute atomic E-state index is 2.40. The molecule has 0 saturated heterocycles. The van der Waals surface area contributed by atoms with Crippen LogP contribution in [0.3, 0.4) is 0 Å². The molecule has 0 heteroatoms. The minimum absolute atomic E-state index is 0.716. The van der Waals surface area contributed by atoms with Crippen molar-refractivity contribution >= 4 is 43.5 Å². The summed E-state index contributed by atoms with van der Waals surface area (Å²) in [6, 6.07) is 31.8. The van der Waals surface area contributed by atoms with E-state index in [1.54, 1.807) is 11.1 Å². The molecule has 2 bridgehead atoms. The number of rotatable bonds is 2. The van der Waals surface area contributed by atoms with Crippen LogP contribution in [0.2, 0.25) is 0 Å². The van der Waals surface area contributed by atoms with Gasteiger partial charge in [-0.2, -0.15) is 0 Å². The molecule has 0 amide bonds. The Morgan fingerprint density at radius 2 is 1.17 bits per heavy atom. The highest BCUT2D eigenvalue weighted by Crippen LogP contribution is 2.57. The van der Waals surface area contributed by atoms with Crippen molar-refractivity contribution in [3.05, 3.63) is 96.1 Å². The number of benzene rings is 5. The molecule has 2 aliphatic carbocycles. The molecule has 29 heavy (non-hydrogen) atoms. The summed E-state index contributed by atoms with van der Waals surface area (Å²) in [6.07, 6.45) is 4.03. The lowest BCUT2D eigenvalue weighted by Gasteiger charge is -2.23. The monoisotopic (exact) mass is 370 g/mol. The molecule has 2 aliphatic rings. The highest BCUT2D eigenvalue weighted by atomic mass is 14.4. The maximum atomic E-state index is 2.40. The zero-order valence-electron chi connectivity index (χ0n) is 16.4. The van der Waals surface area contributed by atoms with E-state index in [9.17, 15) is 0 Å². The second-order valence-corrected chi connectivity index (χ2v) is 8.87. The van der Waals surface area contributed by atoms with Gasteiger partial charge in [0.25, 0.3) is 0 Å². The average Bonchev–Trinajstić information content (AvgIpc) is 3.40. The molecule has 0 spiro atoms. The fourth-order valence-corrected chi connectivity index (χ4v) is 6.29. The van der Waals surface area contributed by atoms with Crippen LogP contribution in [0.15, 0.2) is 84.9 Å². The molecule has 0 aliphatic heterocycles. The van der Waals surface area contributed by atoms with Crippen LogP contribution in [0, 0.1) is 11.8 Å². The third kappa shape index (κ3) is 2.09. The van der Waals surface area contributed by atoms with E-state index in [1.807, 2.05) is 0 Å². The summed E-state index contributed by atoms with van der Waals surface area (Å²) in [4.78, 5) is 0. The highest BCUT2D eigenvalue weighted by molar-refractivity contribution is 6.25. The fourth-order valence-electron chi connectivity index (χ4n) is 6.29. The van der Waals surface area contributed by atoms with Gasteiger partial charge in [-0.3, -0.25) is 0 Å². The summed E-state index contributed by atoms with van der Waals surface area (Å²) in [5.41, 5.74) is 6.16. The zero-order chi connectivity index (χ0) is 18.9. The van der Waals surface area contributed by atoms with Crippen molar-refractivity contribution in [1.29, 1.82) is 0 Å². The summed E-state index contributed by atoms with van der Waals surface area (Å²) < 4.78 is 0. The minimum Gasteiger partial charge on any atom is -0.0622 e. The van der Waals surface area contributed by atoms with Gasteiger partial charge in [0.1, 0.15) is 0 Å². The van der Waals surface area contributed by atoms with Gasteiger partial charge in [0.05, 0.1) is 0 Å². The van der Waals surface area contributed by atoms with Crippen molar-refractivity contribution in [2.24, 2.45) is 11.8 Å². The standard InChI is InChI=1S/C29H22/c1-2-5-18(6-3-1)27-22-11-12-23(17-22)29(27)25-16-14-21-10-9-19-7-4-8-20-13-15-24(25)28(21)26(19)20/h1-10,13-16,22-23H,11-12,17H2. The Hall–Kier alpha value is -3.12. The molecule has 0 aromatic heterocycles. The largest absolute Gasteiger partial charge is 0.0622 e. The van der Waals surface area contributed by atoms with Gasteiger partial charge in [-0.1, -0.05) is 84.9 Å². The van der Waals surface area contributed by atoms with E-state index in [0.29, 0.717) is 5.92 Å². The van der Waals surface area contributed by atoms with E-state index in [2.05, 4.69) is 84.9 Å². The molecule has 1 fully saturated rings. The molecule has 0 N–H and O–H groups in total. The van der Waals surface area contributed by atoms with Gasteiger partial charge in [-0.15, -0.1) is 0 Å². The normalized spacial score (nSPS) is 21.2. The van der Waals surface area contributed by atoms with Gasteiger partial charge in [-0.25, -0.2) is 0 Å². The van der Waals surface area contributed by atoms with E-state index in [0.717, 1.165) is 5.92 Å². The molecular weight excluding hydrogens is 348 g/mol. The quantitative estimate of drug-likeness (QED) is 0.277. The first-order chi connectivity index (χ1) is 14.4. The van der Waals surface area contributed by atoms with Crippen molar-refractivity contribution in [2.45, 2.75) is 19.3 Å². The van der Waals surface area contributed by atoms with Crippen molar-refractivity contribution in [2.75, 3.05) is 0 Å². The smallest absolute Gasteiger partial charge is 0.00207 e. The van der Waals surface area contributed by atoms with Crippen LogP contribution in [0.4, 0.5) is 0 Å². The van der Waals surface area contributed by atoms with Crippen LogP contribution < -0.4 is 0 Å². The molecule has 1 saturated carbocycles. The van der Waals surface area contributed by atoms with Crippen LogP contribution in [0.1, 0.15) is 30.4 Å². The molecule has 0 radical (unpaired) electrons. The first-order valence-electron chi connectivity index (χ1n) is 10.8. The molecular formula is C29H22. The Bertz CT molecular complexity index is 1410. The maximum Gasteiger partial charge on any atom is -0.00207 e. The number of fused-ring (bicyclic) bond motifs is 2. The van der Waals surface area contributed by atoms with Crippen LogP contribution in [0.5, 0.6) is 0 Å². The van der Waals surface area contributed by atoms with E-state index in [-0.39, 0.29) is 0 Å². The molecule has 0 heterocycles. The van der Waals surface area contributed by atoms with E-state index < -0.39 is 0 Å². The molecule has 7 rings (SSSR count). The lowest BCUT2D eigenvalue weighted by Crippen LogP contribution is -2.03. The first kappa shape index (κ1) is 15.8. The summed E-state index contributed by atoms with van der Waals surface area (Å²) in [6.45, 7) is 0. The van der Waals surface area contributed by atoms with Crippen LogP contribution in [0.25, 0.3) is 43.5 Å². The van der Waals surface area contributed by atoms with Crippen molar-refractivity contribution in [1.82, 2.24) is 0 Å². The molecule has 138 valence electrons. The second-order valence-electron chi connectivity index (χ2n) is 8.87. The summed E-state index contributed by atoms with van der Waals surface area (Å²) in [5, 5.41) is 8.36. The highest BCUT2D eigenvalue weighted by Gasteiger charge is 2.40. The number of allylic oxidation sites excluding steroid dienone is 2. The number of hydrogen-bond donors (Lipinski definition) is 0. The topological polar surface area (TPSA) is 0 Å². The van der Waals surface area contributed by atoms with Crippen LogP contribution in [-0.2, 0) is 0 Å². The minimum atomic E-state index is 0.716. The Balaban J connectivity index is 1.60. The Morgan fingerprint density at radius 1 is 0.517 bits per heavy atom. The van der Waals surface area contributed by atoms with Gasteiger partial charge in [0.2, 0.25) is 0 Å². The molecule has 2 atom stereocenters. The SMILES string of the molecule is c1ccc(C2=C(c3ccc4ccc5cccc6ccc3c4c56)C3CCC2C3)cc1. The lowest BCUT2D eigenvalue weighted by atomic mass is 9.81.